The Kier molecular flexibility index (Phi) is 7.53. The molecule has 2 aromatic rings. The van der Waals surface area contributed by atoms with E-state index in [1.54, 1.807) is 0 Å². The van der Waals surface area contributed by atoms with Gasteiger partial charge in [-0.05, 0) is 73.7 Å². The van der Waals surface area contributed by atoms with Crippen molar-refractivity contribution in [3.63, 3.8) is 0 Å². The largest absolute Gasteiger partial charge is 0.505 e. The van der Waals surface area contributed by atoms with Gasteiger partial charge < -0.3 is 30.5 Å². The molecule has 0 bridgehead atoms. The number of aliphatic hydroxyl groups excluding tert-OH is 4. The van der Waals surface area contributed by atoms with Crippen LogP contribution in [-0.4, -0.2) is 63.3 Å². The van der Waals surface area contributed by atoms with E-state index in [-0.39, 0.29) is 0 Å². The van der Waals surface area contributed by atoms with Gasteiger partial charge in [0, 0.05) is 16.8 Å². The molecule has 0 radical (unpaired) electrons. The molecular weight excluding hydrogens is 460 g/mol. The molecule has 1 aromatic heterocycles. The number of nitrogens with one attached hydrogen (secondary N) is 1. The quantitative estimate of drug-likeness (QED) is 0.409. The molecule has 0 unspecified atom stereocenters. The van der Waals surface area contributed by atoms with Gasteiger partial charge in [-0.25, -0.2) is 4.79 Å². The zero-order valence-electron chi connectivity index (χ0n) is 18.5. The Balaban J connectivity index is 0.000000195. The average Bonchev–Trinajstić information content (AvgIpc) is 3.03. The van der Waals surface area contributed by atoms with Gasteiger partial charge in [-0.3, -0.25) is 4.98 Å². The molecule has 0 amide bonds. The first-order valence-corrected chi connectivity index (χ1v) is 11.6. The van der Waals surface area contributed by atoms with Gasteiger partial charge in [0.2, 0.25) is 5.76 Å². The third kappa shape index (κ3) is 4.95. The molecule has 3 aliphatic rings. The van der Waals surface area contributed by atoms with Crippen LogP contribution in [0.1, 0.15) is 35.2 Å². The highest BCUT2D eigenvalue weighted by Gasteiger charge is 2.38. The fourth-order valence-electron chi connectivity index (χ4n) is 4.43. The van der Waals surface area contributed by atoms with Crippen molar-refractivity contribution >= 4 is 23.1 Å². The highest BCUT2D eigenvalue weighted by atomic mass is 35.5. The van der Waals surface area contributed by atoms with E-state index in [9.17, 15) is 4.79 Å². The van der Waals surface area contributed by atoms with Crippen molar-refractivity contribution in [1.82, 2.24) is 10.3 Å². The lowest BCUT2D eigenvalue weighted by Gasteiger charge is -2.21. The molecule has 34 heavy (non-hydrogen) atoms. The van der Waals surface area contributed by atoms with Crippen molar-refractivity contribution in [2.24, 2.45) is 0 Å². The number of cyclic esters (lactones) is 1. The van der Waals surface area contributed by atoms with E-state index >= 15 is 0 Å². The lowest BCUT2D eigenvalue weighted by molar-refractivity contribution is -0.147. The molecule has 180 valence electrons. The zero-order valence-corrected chi connectivity index (χ0v) is 19.3. The second-order valence-corrected chi connectivity index (χ2v) is 8.79. The first-order valence-electron chi connectivity index (χ1n) is 11.2. The number of hydrogen-bond donors (Lipinski definition) is 5. The average molecular weight is 487 g/mol. The summed E-state index contributed by atoms with van der Waals surface area (Å²) < 4.78 is 4.32. The summed E-state index contributed by atoms with van der Waals surface area (Å²) in [6.07, 6.45) is 3.42. The Bertz CT molecular complexity index is 1140. The second-order valence-electron chi connectivity index (χ2n) is 8.35. The van der Waals surface area contributed by atoms with Crippen LogP contribution in [0.25, 0.3) is 5.57 Å². The van der Waals surface area contributed by atoms with Crippen LogP contribution in [0.3, 0.4) is 0 Å². The molecule has 9 heteroatoms. The van der Waals surface area contributed by atoms with Gasteiger partial charge in [0.1, 0.15) is 6.10 Å². The van der Waals surface area contributed by atoms with Crippen LogP contribution < -0.4 is 5.32 Å². The molecule has 1 fully saturated rings. The van der Waals surface area contributed by atoms with Crippen molar-refractivity contribution in [1.29, 1.82) is 0 Å². The van der Waals surface area contributed by atoms with Gasteiger partial charge in [0.05, 0.1) is 12.3 Å². The highest BCUT2D eigenvalue weighted by Crippen LogP contribution is 2.37. The van der Waals surface area contributed by atoms with Gasteiger partial charge in [-0.1, -0.05) is 29.3 Å². The number of esters is 1. The van der Waals surface area contributed by atoms with E-state index < -0.39 is 36.3 Å². The molecule has 0 saturated carbocycles. The first-order chi connectivity index (χ1) is 16.4. The summed E-state index contributed by atoms with van der Waals surface area (Å²) in [4.78, 5) is 15.3. The molecule has 1 aliphatic carbocycles. The standard InChI is InChI=1S/C19H19ClN2.C6H8O6/c20-16-5-6-17-15(12-16)4-3-14-2-1-9-22-19(14)18(17)13-7-10-21-11-8-13;7-1-2(8)5-3(9)4(10)6(11)12-5/h1-2,5-6,9,12,21H,3-4,7-8,10-11H2;2,5,7-10H,1H2/t;2-,5+/m.0/s1. The van der Waals surface area contributed by atoms with Crippen molar-refractivity contribution in [2.45, 2.75) is 37.9 Å². The number of carbonyl (C=O) groups is 1. The molecule has 1 saturated heterocycles. The lowest BCUT2D eigenvalue weighted by Crippen LogP contribution is -2.31. The van der Waals surface area contributed by atoms with Crippen LogP contribution in [0.2, 0.25) is 5.02 Å². The van der Waals surface area contributed by atoms with Crippen molar-refractivity contribution in [3.05, 3.63) is 81.0 Å². The minimum absolute atomic E-state index is 0.671. The van der Waals surface area contributed by atoms with E-state index in [4.69, 9.17) is 37.0 Å². The maximum atomic E-state index is 10.5. The van der Waals surface area contributed by atoms with Crippen LogP contribution >= 0.6 is 11.6 Å². The predicted octanol–water partition coefficient (Wildman–Crippen LogP) is 2.61. The topological polar surface area (TPSA) is 132 Å². The predicted molar refractivity (Wildman–Crippen MR) is 126 cm³/mol. The van der Waals surface area contributed by atoms with E-state index in [1.165, 1.54) is 33.5 Å². The van der Waals surface area contributed by atoms with Crippen molar-refractivity contribution in [3.8, 4) is 0 Å². The van der Waals surface area contributed by atoms with Crippen molar-refractivity contribution < 1.29 is 30.0 Å². The smallest absolute Gasteiger partial charge is 0.377 e. The summed E-state index contributed by atoms with van der Waals surface area (Å²) >= 11 is 6.23. The molecule has 0 spiro atoms. The normalized spacial score (nSPS) is 20.6. The number of nitrogens with zero attached hydrogens (tertiary/aromatic N) is 1. The van der Waals surface area contributed by atoms with Crippen LogP contribution in [0, 0.1) is 0 Å². The van der Waals surface area contributed by atoms with Crippen LogP contribution in [0.15, 0.2) is 53.6 Å². The number of fused-ring (bicyclic) bond motifs is 2. The van der Waals surface area contributed by atoms with Crippen LogP contribution in [-0.2, 0) is 22.4 Å². The summed E-state index contributed by atoms with van der Waals surface area (Å²) in [7, 11) is 0. The van der Waals surface area contributed by atoms with Crippen molar-refractivity contribution in [2.75, 3.05) is 19.7 Å². The number of ether oxygens (including phenoxy) is 1. The highest BCUT2D eigenvalue weighted by molar-refractivity contribution is 6.30. The third-order valence-electron chi connectivity index (χ3n) is 6.17. The Hall–Kier alpha value is -2.91. The Morgan fingerprint density at radius 2 is 1.85 bits per heavy atom. The Morgan fingerprint density at radius 3 is 2.53 bits per heavy atom. The van der Waals surface area contributed by atoms with E-state index in [2.05, 4.69) is 28.3 Å². The lowest BCUT2D eigenvalue weighted by atomic mass is 9.89. The molecule has 3 heterocycles. The third-order valence-corrected chi connectivity index (χ3v) is 6.40. The summed E-state index contributed by atoms with van der Waals surface area (Å²) in [5, 5.41) is 39.3. The zero-order chi connectivity index (χ0) is 24.2. The minimum atomic E-state index is -1.42. The van der Waals surface area contributed by atoms with E-state index in [1.807, 2.05) is 18.3 Å². The number of rotatable bonds is 2. The second kappa shape index (κ2) is 10.6. The monoisotopic (exact) mass is 486 g/mol. The number of hydrogen-bond acceptors (Lipinski definition) is 8. The fraction of sp³-hybridized carbons (Fsp3) is 0.360. The Labute approximate surface area is 202 Å². The van der Waals surface area contributed by atoms with Gasteiger partial charge in [0.25, 0.3) is 0 Å². The maximum Gasteiger partial charge on any atom is 0.377 e. The van der Waals surface area contributed by atoms with E-state index in [0.29, 0.717) is 0 Å². The van der Waals surface area contributed by atoms with Gasteiger partial charge >= 0.3 is 5.97 Å². The summed E-state index contributed by atoms with van der Waals surface area (Å²) in [6, 6.07) is 10.6. The molecule has 5 rings (SSSR count). The molecule has 1 aromatic carbocycles. The number of aryl methyl sites for hydroxylation is 2. The molecule has 2 aliphatic heterocycles. The summed E-state index contributed by atoms with van der Waals surface area (Å²) in [6.45, 7) is 1.45. The maximum absolute atomic E-state index is 10.5. The number of aromatic nitrogens is 1. The van der Waals surface area contributed by atoms with Gasteiger partial charge in [0.15, 0.2) is 11.9 Å². The number of aliphatic hydroxyl groups is 4. The number of halogens is 1. The summed E-state index contributed by atoms with van der Waals surface area (Å²) in [5.74, 6) is -2.78. The van der Waals surface area contributed by atoms with Crippen LogP contribution in [0.5, 0.6) is 0 Å². The van der Waals surface area contributed by atoms with Gasteiger partial charge in [-0.15, -0.1) is 0 Å². The molecule has 8 nitrogen and oxygen atoms in total. The SMILES string of the molecule is Clc1ccc2c(c1)CCc1cccnc1C2=C1CCNCC1.O=C1O[C@H]([C@@H](O)CO)C(O)=C1O. The van der Waals surface area contributed by atoms with Gasteiger partial charge in [-0.2, -0.15) is 0 Å². The summed E-state index contributed by atoms with van der Waals surface area (Å²) in [5.41, 5.74) is 8.12. The number of benzene rings is 1. The number of piperidine rings is 1. The van der Waals surface area contributed by atoms with Crippen LogP contribution in [0.4, 0.5) is 0 Å². The van der Waals surface area contributed by atoms with E-state index in [0.717, 1.165) is 43.8 Å². The fourth-order valence-corrected chi connectivity index (χ4v) is 4.63. The number of carbonyl (C=O) groups excluding carboxylic acids is 1. The molecule has 5 N–H and O–H groups in total. The molecular formula is C25H27ClN2O6. The first kappa shape index (κ1) is 24.2. The molecule has 2 atom stereocenters. The number of pyridine rings is 1. The Morgan fingerprint density at radius 1 is 1.12 bits per heavy atom. The minimum Gasteiger partial charge on any atom is -0.505 e.